The third kappa shape index (κ3) is 4.48. The number of piperazine rings is 1. The number of carbonyl (C=O) groups is 1. The van der Waals surface area contributed by atoms with Crippen LogP contribution in [0.3, 0.4) is 0 Å². The molecule has 0 bridgehead atoms. The van der Waals surface area contributed by atoms with Crippen LogP contribution in [0.15, 0.2) is 53.0 Å². The zero-order chi connectivity index (χ0) is 20.1. The topological polar surface area (TPSA) is 35.6 Å². The highest BCUT2D eigenvalue weighted by atomic mass is 79.9. The van der Waals surface area contributed by atoms with Gasteiger partial charge in [0.25, 0.3) is 0 Å². The number of anilines is 1. The molecule has 150 valence electrons. The van der Waals surface area contributed by atoms with Gasteiger partial charge in [0.1, 0.15) is 0 Å². The maximum Gasteiger partial charge on any atom is 0.183 e. The van der Waals surface area contributed by atoms with Gasteiger partial charge < -0.3 is 10.2 Å². The second kappa shape index (κ2) is 9.21. The summed E-state index contributed by atoms with van der Waals surface area (Å²) in [6.45, 7) is 6.13. The molecule has 1 unspecified atom stereocenters. The third-order valence-corrected chi connectivity index (χ3v) is 6.41. The lowest BCUT2D eigenvalue weighted by Gasteiger charge is -2.38. The molecule has 0 amide bonds. The predicted molar refractivity (Wildman–Crippen MR) is 120 cm³/mol. The minimum atomic E-state index is -0.551. The Morgan fingerprint density at radius 1 is 1.07 bits per heavy atom. The van der Waals surface area contributed by atoms with E-state index in [1.807, 2.05) is 38.4 Å². The zero-order valence-electron chi connectivity index (χ0n) is 17.0. The number of nitrogens with one attached hydrogen (secondary N) is 1. The summed E-state index contributed by atoms with van der Waals surface area (Å²) < 4.78 is 1.05. The van der Waals surface area contributed by atoms with Crippen LogP contribution in [-0.2, 0) is 6.42 Å². The molecule has 0 aromatic heterocycles. The number of rotatable bonds is 7. The average Bonchev–Trinajstić information content (AvgIpc) is 2.73. The van der Waals surface area contributed by atoms with E-state index in [0.29, 0.717) is 6.42 Å². The van der Waals surface area contributed by atoms with Gasteiger partial charge in [-0.15, -0.1) is 0 Å². The van der Waals surface area contributed by atoms with Gasteiger partial charge in [-0.25, -0.2) is 0 Å². The van der Waals surface area contributed by atoms with Crippen molar-refractivity contribution in [2.75, 3.05) is 45.2 Å². The number of hydrogen-bond acceptors (Lipinski definition) is 4. The van der Waals surface area contributed by atoms with Gasteiger partial charge in [0.15, 0.2) is 5.78 Å². The van der Waals surface area contributed by atoms with Crippen LogP contribution in [0.5, 0.6) is 0 Å². The van der Waals surface area contributed by atoms with Crippen LogP contribution in [0.1, 0.15) is 29.3 Å². The fraction of sp³-hybridized carbons (Fsp3) is 0.435. The number of Topliss-reactive ketones (excluding diaryl/α,β-unsaturated/α-hetero) is 1. The van der Waals surface area contributed by atoms with E-state index in [4.69, 9.17) is 0 Å². The minimum Gasteiger partial charge on any atom is -0.369 e. The van der Waals surface area contributed by atoms with Gasteiger partial charge in [-0.1, -0.05) is 35.0 Å². The lowest BCUT2D eigenvalue weighted by atomic mass is 9.80. The Balaban J connectivity index is 1.85. The normalized spacial score (nSPS) is 16.8. The highest BCUT2D eigenvalue weighted by Crippen LogP contribution is 2.29. The van der Waals surface area contributed by atoms with Crippen molar-refractivity contribution >= 4 is 27.4 Å². The highest BCUT2D eigenvalue weighted by molar-refractivity contribution is 9.10. The van der Waals surface area contributed by atoms with Crippen LogP contribution >= 0.6 is 15.9 Å². The van der Waals surface area contributed by atoms with Gasteiger partial charge in [-0.3, -0.25) is 9.69 Å². The Morgan fingerprint density at radius 3 is 2.21 bits per heavy atom. The standard InChI is InChI=1S/C23H30BrN3O/c1-4-23(26(2)3,17-18-5-9-20(24)10-6-18)22(28)19-7-11-21(12-8-19)27-15-13-25-14-16-27/h5-12,25H,4,13-17H2,1-3H3. The third-order valence-electron chi connectivity index (χ3n) is 5.89. The van der Waals surface area contributed by atoms with Crippen molar-refractivity contribution in [3.05, 3.63) is 64.1 Å². The molecule has 0 saturated carbocycles. The lowest BCUT2D eigenvalue weighted by molar-refractivity contribution is 0.0666. The van der Waals surface area contributed by atoms with Gasteiger partial charge in [0.05, 0.1) is 5.54 Å². The zero-order valence-corrected chi connectivity index (χ0v) is 18.6. The summed E-state index contributed by atoms with van der Waals surface area (Å²) in [6, 6.07) is 16.4. The van der Waals surface area contributed by atoms with E-state index in [-0.39, 0.29) is 5.78 Å². The van der Waals surface area contributed by atoms with E-state index >= 15 is 0 Å². The van der Waals surface area contributed by atoms with Crippen molar-refractivity contribution in [3.8, 4) is 0 Å². The summed E-state index contributed by atoms with van der Waals surface area (Å²) in [6.07, 6.45) is 1.45. The Labute approximate surface area is 177 Å². The van der Waals surface area contributed by atoms with Crippen molar-refractivity contribution in [3.63, 3.8) is 0 Å². The van der Waals surface area contributed by atoms with Crippen LogP contribution in [0.2, 0.25) is 0 Å². The van der Waals surface area contributed by atoms with Crippen LogP contribution in [0.25, 0.3) is 0 Å². The molecule has 0 aliphatic carbocycles. The summed E-state index contributed by atoms with van der Waals surface area (Å²) >= 11 is 3.49. The first-order valence-corrected chi connectivity index (χ1v) is 10.8. The number of halogens is 1. The molecular formula is C23H30BrN3O. The van der Waals surface area contributed by atoms with Crippen LogP contribution < -0.4 is 10.2 Å². The Morgan fingerprint density at radius 2 is 1.68 bits per heavy atom. The molecule has 1 atom stereocenters. The first-order chi connectivity index (χ1) is 13.5. The van der Waals surface area contributed by atoms with Gasteiger partial charge in [-0.2, -0.15) is 0 Å². The van der Waals surface area contributed by atoms with Crippen molar-refractivity contribution < 1.29 is 4.79 Å². The summed E-state index contributed by atoms with van der Waals surface area (Å²) in [5, 5.41) is 3.38. The number of ketones is 1. The molecule has 2 aromatic carbocycles. The number of benzene rings is 2. The molecule has 1 N–H and O–H groups in total. The predicted octanol–water partition coefficient (Wildman–Crippen LogP) is 3.99. The molecule has 1 aliphatic heterocycles. The number of carbonyl (C=O) groups excluding carboxylic acids is 1. The van der Waals surface area contributed by atoms with Gasteiger partial charge in [-0.05, 0) is 68.9 Å². The number of likely N-dealkylation sites (N-methyl/N-ethyl adjacent to an activating group) is 1. The molecule has 2 aromatic rings. The Bertz CT molecular complexity index is 782. The molecule has 1 heterocycles. The molecule has 1 fully saturated rings. The highest BCUT2D eigenvalue weighted by Gasteiger charge is 2.39. The van der Waals surface area contributed by atoms with E-state index < -0.39 is 5.54 Å². The molecule has 28 heavy (non-hydrogen) atoms. The largest absolute Gasteiger partial charge is 0.369 e. The van der Waals surface area contributed by atoms with E-state index in [1.54, 1.807) is 0 Å². The molecule has 0 radical (unpaired) electrons. The first-order valence-electron chi connectivity index (χ1n) is 9.98. The SMILES string of the molecule is CCC(Cc1ccc(Br)cc1)(C(=O)c1ccc(N2CCNCC2)cc1)N(C)C. The molecular weight excluding hydrogens is 414 g/mol. The van der Waals surface area contributed by atoms with Gasteiger partial charge >= 0.3 is 0 Å². The molecule has 3 rings (SSSR count). The summed E-state index contributed by atoms with van der Waals surface area (Å²) in [5.74, 6) is 0.190. The Hall–Kier alpha value is -1.69. The quantitative estimate of drug-likeness (QED) is 0.656. The van der Waals surface area contributed by atoms with Crippen LogP contribution in [0.4, 0.5) is 5.69 Å². The van der Waals surface area contributed by atoms with Gasteiger partial charge in [0.2, 0.25) is 0 Å². The smallest absolute Gasteiger partial charge is 0.183 e. The maximum atomic E-state index is 13.6. The Kier molecular flexibility index (Phi) is 6.91. The van der Waals surface area contributed by atoms with Gasteiger partial charge in [0, 0.05) is 41.9 Å². The van der Waals surface area contributed by atoms with E-state index in [1.165, 1.54) is 11.3 Å². The summed E-state index contributed by atoms with van der Waals surface area (Å²) in [5.41, 5.74) is 2.60. The molecule has 5 heteroatoms. The lowest BCUT2D eigenvalue weighted by Crippen LogP contribution is -2.52. The van der Waals surface area contributed by atoms with Crippen molar-refractivity contribution in [2.24, 2.45) is 0 Å². The number of nitrogens with zero attached hydrogens (tertiary/aromatic N) is 2. The van der Waals surface area contributed by atoms with E-state index in [9.17, 15) is 4.79 Å². The number of hydrogen-bond donors (Lipinski definition) is 1. The molecule has 4 nitrogen and oxygen atoms in total. The second-order valence-corrected chi connectivity index (χ2v) is 8.61. The van der Waals surface area contributed by atoms with Crippen LogP contribution in [-0.4, -0.2) is 56.5 Å². The van der Waals surface area contributed by atoms with E-state index in [2.05, 4.69) is 62.2 Å². The maximum absolute atomic E-state index is 13.6. The monoisotopic (exact) mass is 443 g/mol. The average molecular weight is 444 g/mol. The summed E-state index contributed by atoms with van der Waals surface area (Å²) in [4.78, 5) is 18.1. The molecule has 1 aliphatic rings. The molecule has 0 spiro atoms. The fourth-order valence-electron chi connectivity index (χ4n) is 4.00. The fourth-order valence-corrected chi connectivity index (χ4v) is 4.26. The summed E-state index contributed by atoms with van der Waals surface area (Å²) in [7, 11) is 4.02. The van der Waals surface area contributed by atoms with E-state index in [0.717, 1.165) is 42.6 Å². The van der Waals surface area contributed by atoms with Crippen molar-refractivity contribution in [2.45, 2.75) is 25.3 Å². The first kappa shape index (κ1) is 21.0. The van der Waals surface area contributed by atoms with Crippen molar-refractivity contribution in [1.29, 1.82) is 0 Å². The second-order valence-electron chi connectivity index (χ2n) is 7.70. The van der Waals surface area contributed by atoms with Crippen LogP contribution in [0, 0.1) is 0 Å². The minimum absolute atomic E-state index is 0.190. The van der Waals surface area contributed by atoms with Crippen molar-refractivity contribution in [1.82, 2.24) is 10.2 Å². The molecule has 1 saturated heterocycles.